The molecule has 1 aromatic carbocycles. The Balaban J connectivity index is 1.80. The Labute approximate surface area is 123 Å². The number of amides is 1. The normalized spacial score (nSPS) is 10.6. The molecule has 0 unspecified atom stereocenters. The number of carbonyl (C=O) groups excluding carboxylic acids is 1. The maximum atomic E-state index is 12.0. The van der Waals surface area contributed by atoms with E-state index in [1.807, 2.05) is 20.0 Å². The minimum atomic E-state index is -0.0614. The molecule has 0 radical (unpaired) electrons. The minimum Gasteiger partial charge on any atom is -0.352 e. The first kappa shape index (κ1) is 14.6. The summed E-state index contributed by atoms with van der Waals surface area (Å²) in [6.07, 6.45) is 3.63. The van der Waals surface area contributed by atoms with E-state index in [2.05, 4.69) is 15.5 Å². The topological polar surface area (TPSA) is 57.8 Å². The van der Waals surface area contributed by atoms with Gasteiger partial charge < -0.3 is 5.32 Å². The van der Waals surface area contributed by atoms with Crippen molar-refractivity contribution in [1.82, 2.24) is 15.5 Å². The lowest BCUT2D eigenvalue weighted by Gasteiger charge is -2.06. The molecule has 5 heteroatoms. The van der Waals surface area contributed by atoms with Crippen molar-refractivity contribution in [1.29, 1.82) is 0 Å². The van der Waals surface area contributed by atoms with Crippen molar-refractivity contribution >= 4 is 17.5 Å². The molecule has 0 saturated heterocycles. The molecule has 0 atom stereocenters. The summed E-state index contributed by atoms with van der Waals surface area (Å²) in [5, 5.41) is 10.5. The number of carbonyl (C=O) groups is 1. The molecule has 0 aliphatic heterocycles. The van der Waals surface area contributed by atoms with E-state index in [0.29, 0.717) is 17.1 Å². The van der Waals surface area contributed by atoms with Crippen LogP contribution in [-0.4, -0.2) is 22.6 Å². The number of rotatable bonds is 5. The van der Waals surface area contributed by atoms with E-state index in [1.54, 1.807) is 18.2 Å². The Morgan fingerprint density at radius 3 is 2.85 bits per heavy atom. The highest BCUT2D eigenvalue weighted by Gasteiger charge is 2.07. The Morgan fingerprint density at radius 1 is 1.40 bits per heavy atom. The smallest absolute Gasteiger partial charge is 0.251 e. The average Bonchev–Trinajstić information content (AvgIpc) is 2.83. The fourth-order valence-corrected chi connectivity index (χ4v) is 2.11. The van der Waals surface area contributed by atoms with Crippen LogP contribution in [0.2, 0.25) is 5.02 Å². The number of nitrogens with zero attached hydrogens (tertiary/aromatic N) is 1. The van der Waals surface area contributed by atoms with Crippen LogP contribution in [-0.2, 0) is 6.42 Å². The van der Waals surface area contributed by atoms with Crippen molar-refractivity contribution in [2.24, 2.45) is 0 Å². The molecule has 0 saturated carbocycles. The summed E-state index contributed by atoms with van der Waals surface area (Å²) in [5.74, 6) is -0.0614. The van der Waals surface area contributed by atoms with Crippen LogP contribution < -0.4 is 5.32 Å². The van der Waals surface area contributed by atoms with E-state index >= 15 is 0 Å². The van der Waals surface area contributed by atoms with Crippen LogP contribution in [0.15, 0.2) is 24.4 Å². The van der Waals surface area contributed by atoms with E-state index in [-0.39, 0.29) is 5.91 Å². The number of nitrogens with one attached hydrogen (secondary N) is 2. The van der Waals surface area contributed by atoms with Gasteiger partial charge in [-0.05, 0) is 56.0 Å². The average molecular weight is 292 g/mol. The molecule has 1 amide bonds. The SMILES string of the molecule is Cc1cc(C(=O)NCCCc2cn[nH]c2C)ccc1Cl. The lowest BCUT2D eigenvalue weighted by molar-refractivity contribution is 0.0953. The van der Waals surface area contributed by atoms with Gasteiger partial charge in [0.05, 0.1) is 6.20 Å². The van der Waals surface area contributed by atoms with Crippen molar-refractivity contribution in [3.8, 4) is 0 Å². The number of aryl methyl sites for hydroxylation is 3. The summed E-state index contributed by atoms with van der Waals surface area (Å²) in [6, 6.07) is 5.30. The number of H-pyrrole nitrogens is 1. The molecule has 106 valence electrons. The first-order valence-corrected chi connectivity index (χ1v) is 6.99. The minimum absolute atomic E-state index is 0.0614. The highest BCUT2D eigenvalue weighted by Crippen LogP contribution is 2.16. The zero-order valence-corrected chi connectivity index (χ0v) is 12.4. The maximum Gasteiger partial charge on any atom is 0.251 e. The van der Waals surface area contributed by atoms with Gasteiger partial charge in [-0.2, -0.15) is 5.10 Å². The fourth-order valence-electron chi connectivity index (χ4n) is 2.00. The van der Waals surface area contributed by atoms with Crippen LogP contribution in [0.25, 0.3) is 0 Å². The number of aromatic nitrogens is 2. The van der Waals surface area contributed by atoms with Crippen LogP contribution in [0.5, 0.6) is 0 Å². The number of benzene rings is 1. The van der Waals surface area contributed by atoms with Gasteiger partial charge in [0.2, 0.25) is 0 Å². The highest BCUT2D eigenvalue weighted by molar-refractivity contribution is 6.31. The van der Waals surface area contributed by atoms with Crippen LogP contribution in [0, 0.1) is 13.8 Å². The third kappa shape index (κ3) is 3.61. The zero-order chi connectivity index (χ0) is 14.5. The van der Waals surface area contributed by atoms with Crippen LogP contribution >= 0.6 is 11.6 Å². The van der Waals surface area contributed by atoms with Crippen molar-refractivity contribution in [2.45, 2.75) is 26.7 Å². The van der Waals surface area contributed by atoms with Gasteiger partial charge in [0.15, 0.2) is 0 Å². The van der Waals surface area contributed by atoms with Crippen LogP contribution in [0.1, 0.15) is 33.6 Å². The first-order valence-electron chi connectivity index (χ1n) is 6.61. The molecule has 0 aliphatic rings. The molecule has 1 heterocycles. The van der Waals surface area contributed by atoms with Gasteiger partial charge in [-0.1, -0.05) is 11.6 Å². The summed E-state index contributed by atoms with van der Waals surface area (Å²) in [5.41, 5.74) is 3.84. The van der Waals surface area contributed by atoms with E-state index in [4.69, 9.17) is 11.6 Å². The van der Waals surface area contributed by atoms with Crippen molar-refractivity contribution in [3.05, 3.63) is 51.8 Å². The predicted octanol–water partition coefficient (Wildman–Crippen LogP) is 3.04. The summed E-state index contributed by atoms with van der Waals surface area (Å²) < 4.78 is 0. The van der Waals surface area contributed by atoms with E-state index in [0.717, 1.165) is 24.1 Å². The maximum absolute atomic E-state index is 12.0. The Bertz CT molecular complexity index is 607. The lowest BCUT2D eigenvalue weighted by atomic mass is 10.1. The first-order chi connectivity index (χ1) is 9.58. The third-order valence-electron chi connectivity index (χ3n) is 3.26. The fraction of sp³-hybridized carbons (Fsp3) is 0.333. The van der Waals surface area contributed by atoms with Gasteiger partial charge in [-0.15, -0.1) is 0 Å². The number of hydrogen-bond acceptors (Lipinski definition) is 2. The molecular weight excluding hydrogens is 274 g/mol. The van der Waals surface area contributed by atoms with Gasteiger partial charge in [0.25, 0.3) is 5.91 Å². The number of hydrogen-bond donors (Lipinski definition) is 2. The second kappa shape index (κ2) is 6.57. The summed E-state index contributed by atoms with van der Waals surface area (Å²) >= 11 is 5.94. The molecule has 0 bridgehead atoms. The van der Waals surface area contributed by atoms with Crippen LogP contribution in [0.4, 0.5) is 0 Å². The zero-order valence-electron chi connectivity index (χ0n) is 11.7. The highest BCUT2D eigenvalue weighted by atomic mass is 35.5. The molecular formula is C15H18ClN3O. The largest absolute Gasteiger partial charge is 0.352 e. The van der Waals surface area contributed by atoms with Crippen molar-refractivity contribution in [2.75, 3.05) is 6.54 Å². The molecule has 0 fully saturated rings. The standard InChI is InChI=1S/C15H18ClN3O/c1-10-8-12(5-6-14(10)16)15(20)17-7-3-4-13-9-18-19-11(13)2/h5-6,8-9H,3-4,7H2,1-2H3,(H,17,20)(H,18,19). The van der Waals surface area contributed by atoms with Gasteiger partial charge in [-0.25, -0.2) is 0 Å². The second-order valence-corrected chi connectivity index (χ2v) is 5.25. The number of halogens is 1. The van der Waals surface area contributed by atoms with Gasteiger partial charge >= 0.3 is 0 Å². The van der Waals surface area contributed by atoms with E-state index in [1.165, 1.54) is 5.56 Å². The number of aromatic amines is 1. The van der Waals surface area contributed by atoms with Crippen molar-refractivity contribution in [3.63, 3.8) is 0 Å². The van der Waals surface area contributed by atoms with Gasteiger partial charge in [0, 0.05) is 22.8 Å². The quantitative estimate of drug-likeness (QED) is 0.832. The molecule has 2 aromatic rings. The Kier molecular flexibility index (Phi) is 4.79. The molecule has 0 aliphatic carbocycles. The predicted molar refractivity (Wildman–Crippen MR) is 80.2 cm³/mol. The van der Waals surface area contributed by atoms with Gasteiger partial charge in [0.1, 0.15) is 0 Å². The van der Waals surface area contributed by atoms with Gasteiger partial charge in [-0.3, -0.25) is 9.89 Å². The molecule has 2 N–H and O–H groups in total. The molecule has 20 heavy (non-hydrogen) atoms. The summed E-state index contributed by atoms with van der Waals surface area (Å²) in [4.78, 5) is 12.0. The lowest BCUT2D eigenvalue weighted by Crippen LogP contribution is -2.24. The molecule has 1 aromatic heterocycles. The summed E-state index contributed by atoms with van der Waals surface area (Å²) in [7, 11) is 0. The van der Waals surface area contributed by atoms with E-state index < -0.39 is 0 Å². The van der Waals surface area contributed by atoms with E-state index in [9.17, 15) is 4.79 Å². The Hall–Kier alpha value is -1.81. The summed E-state index contributed by atoms with van der Waals surface area (Å²) in [6.45, 7) is 4.53. The van der Waals surface area contributed by atoms with Crippen molar-refractivity contribution < 1.29 is 4.79 Å². The molecule has 4 nitrogen and oxygen atoms in total. The third-order valence-corrected chi connectivity index (χ3v) is 3.69. The molecule has 2 rings (SSSR count). The monoisotopic (exact) mass is 291 g/mol. The van der Waals surface area contributed by atoms with Crippen LogP contribution in [0.3, 0.4) is 0 Å². The Morgan fingerprint density at radius 2 is 2.20 bits per heavy atom. The molecule has 0 spiro atoms. The second-order valence-electron chi connectivity index (χ2n) is 4.84.